The van der Waals surface area contributed by atoms with E-state index in [-0.39, 0.29) is 5.91 Å². The maximum absolute atomic E-state index is 12.6. The van der Waals surface area contributed by atoms with Crippen LogP contribution in [0.25, 0.3) is 0 Å². The van der Waals surface area contributed by atoms with Crippen molar-refractivity contribution in [2.24, 2.45) is 5.92 Å². The molecule has 0 spiro atoms. The Balaban J connectivity index is 2.25. The standard InChI is InChI=1S/C16H20ClNO3S/c1-16(8-4-3-5-12(16)15(20)21)18-14(19)11-9-10(22-2)6-7-13(11)17/h6-7,9,12H,3-5,8H2,1-2H3,(H,18,19)(H,20,21). The van der Waals surface area contributed by atoms with Gasteiger partial charge in [0.1, 0.15) is 0 Å². The predicted molar refractivity (Wildman–Crippen MR) is 88.7 cm³/mol. The van der Waals surface area contributed by atoms with Crippen molar-refractivity contribution in [1.82, 2.24) is 5.32 Å². The Kier molecular flexibility index (Phi) is 5.40. The molecular formula is C16H20ClNO3S. The lowest BCUT2D eigenvalue weighted by atomic mass is 9.73. The molecule has 0 bridgehead atoms. The minimum Gasteiger partial charge on any atom is -0.481 e. The molecule has 1 aliphatic rings. The molecule has 120 valence electrons. The Morgan fingerprint density at radius 1 is 1.41 bits per heavy atom. The smallest absolute Gasteiger partial charge is 0.308 e. The van der Waals surface area contributed by atoms with Gasteiger partial charge < -0.3 is 10.4 Å². The average Bonchev–Trinajstić information content (AvgIpc) is 2.47. The average molecular weight is 342 g/mol. The van der Waals surface area contributed by atoms with E-state index in [1.807, 2.05) is 19.2 Å². The summed E-state index contributed by atoms with van der Waals surface area (Å²) in [7, 11) is 0. The largest absolute Gasteiger partial charge is 0.481 e. The quantitative estimate of drug-likeness (QED) is 0.817. The van der Waals surface area contributed by atoms with E-state index in [0.29, 0.717) is 23.4 Å². The third-order valence-electron chi connectivity index (χ3n) is 4.32. The summed E-state index contributed by atoms with van der Waals surface area (Å²) in [5, 5.41) is 12.7. The number of carbonyl (C=O) groups excluding carboxylic acids is 1. The number of thioether (sulfide) groups is 1. The minimum atomic E-state index is -0.855. The Bertz CT molecular complexity index is 593. The molecule has 0 heterocycles. The summed E-state index contributed by atoms with van der Waals surface area (Å²) in [5.74, 6) is -1.73. The first-order valence-electron chi connectivity index (χ1n) is 7.26. The molecule has 1 saturated carbocycles. The SMILES string of the molecule is CSc1ccc(Cl)c(C(=O)NC2(C)CCCCC2C(=O)O)c1. The lowest BCUT2D eigenvalue weighted by molar-refractivity contribution is -0.145. The molecule has 4 nitrogen and oxygen atoms in total. The highest BCUT2D eigenvalue weighted by atomic mass is 35.5. The number of nitrogens with one attached hydrogen (secondary N) is 1. The van der Waals surface area contributed by atoms with Crippen LogP contribution < -0.4 is 5.32 Å². The molecule has 1 aliphatic carbocycles. The van der Waals surface area contributed by atoms with Crippen LogP contribution in [0.2, 0.25) is 5.02 Å². The van der Waals surface area contributed by atoms with Gasteiger partial charge in [0.2, 0.25) is 0 Å². The number of rotatable bonds is 4. The van der Waals surface area contributed by atoms with Gasteiger partial charge in [0.25, 0.3) is 5.91 Å². The van der Waals surface area contributed by atoms with Crippen molar-refractivity contribution in [3.63, 3.8) is 0 Å². The molecule has 2 rings (SSSR count). The molecule has 1 aromatic rings. The molecule has 2 atom stereocenters. The maximum Gasteiger partial charge on any atom is 0.308 e. The third kappa shape index (κ3) is 3.58. The summed E-state index contributed by atoms with van der Waals surface area (Å²) in [5.41, 5.74) is -0.343. The van der Waals surface area contributed by atoms with E-state index in [1.165, 1.54) is 11.8 Å². The van der Waals surface area contributed by atoms with Crippen molar-refractivity contribution < 1.29 is 14.7 Å². The first-order valence-corrected chi connectivity index (χ1v) is 8.86. The van der Waals surface area contributed by atoms with E-state index in [4.69, 9.17) is 11.6 Å². The van der Waals surface area contributed by atoms with E-state index < -0.39 is 17.4 Å². The maximum atomic E-state index is 12.6. The van der Waals surface area contributed by atoms with E-state index in [9.17, 15) is 14.7 Å². The summed E-state index contributed by atoms with van der Waals surface area (Å²) >= 11 is 7.65. The molecule has 1 amide bonds. The number of halogens is 1. The van der Waals surface area contributed by atoms with Crippen molar-refractivity contribution in [3.05, 3.63) is 28.8 Å². The number of carboxylic acids is 1. The van der Waals surface area contributed by atoms with Crippen LogP contribution >= 0.6 is 23.4 Å². The van der Waals surface area contributed by atoms with Crippen molar-refractivity contribution >= 4 is 35.2 Å². The van der Waals surface area contributed by atoms with Gasteiger partial charge in [0, 0.05) is 4.90 Å². The van der Waals surface area contributed by atoms with Crippen LogP contribution in [0.3, 0.4) is 0 Å². The van der Waals surface area contributed by atoms with Gasteiger partial charge in [-0.15, -0.1) is 11.8 Å². The van der Waals surface area contributed by atoms with Gasteiger partial charge in [-0.2, -0.15) is 0 Å². The van der Waals surface area contributed by atoms with E-state index in [1.54, 1.807) is 12.1 Å². The van der Waals surface area contributed by atoms with E-state index >= 15 is 0 Å². The van der Waals surface area contributed by atoms with Crippen LogP contribution in [0.4, 0.5) is 0 Å². The minimum absolute atomic E-state index is 0.309. The second kappa shape index (κ2) is 6.92. The number of amides is 1. The van der Waals surface area contributed by atoms with Gasteiger partial charge in [0.15, 0.2) is 0 Å². The summed E-state index contributed by atoms with van der Waals surface area (Å²) in [6.07, 6.45) is 4.97. The second-order valence-corrected chi connectivity index (χ2v) is 7.14. The molecule has 0 aromatic heterocycles. The zero-order chi connectivity index (χ0) is 16.3. The van der Waals surface area contributed by atoms with Crippen LogP contribution in [0, 0.1) is 5.92 Å². The zero-order valence-electron chi connectivity index (χ0n) is 12.7. The molecule has 2 N–H and O–H groups in total. The molecule has 1 fully saturated rings. The van der Waals surface area contributed by atoms with Crippen molar-refractivity contribution in [1.29, 1.82) is 0 Å². The molecule has 22 heavy (non-hydrogen) atoms. The van der Waals surface area contributed by atoms with Gasteiger partial charge in [-0.1, -0.05) is 24.4 Å². The summed E-state index contributed by atoms with van der Waals surface area (Å²) < 4.78 is 0. The number of benzene rings is 1. The Morgan fingerprint density at radius 3 is 2.77 bits per heavy atom. The zero-order valence-corrected chi connectivity index (χ0v) is 14.3. The number of hydrogen-bond acceptors (Lipinski definition) is 3. The lowest BCUT2D eigenvalue weighted by Gasteiger charge is -2.39. The van der Waals surface area contributed by atoms with Crippen LogP contribution in [-0.2, 0) is 4.79 Å². The van der Waals surface area contributed by atoms with Crippen molar-refractivity contribution in [3.8, 4) is 0 Å². The first-order chi connectivity index (χ1) is 10.4. The van der Waals surface area contributed by atoms with Gasteiger partial charge in [-0.3, -0.25) is 9.59 Å². The summed E-state index contributed by atoms with van der Waals surface area (Å²) in [4.78, 5) is 25.0. The fraction of sp³-hybridized carbons (Fsp3) is 0.500. The first kappa shape index (κ1) is 17.2. The molecule has 6 heteroatoms. The predicted octanol–water partition coefficient (Wildman–Crippen LogP) is 3.83. The molecule has 1 aromatic carbocycles. The summed E-state index contributed by atoms with van der Waals surface area (Å²) in [6, 6.07) is 5.29. The Hall–Kier alpha value is -1.20. The highest BCUT2D eigenvalue weighted by Gasteiger charge is 2.42. The molecular weight excluding hydrogens is 322 g/mol. The monoisotopic (exact) mass is 341 g/mol. The van der Waals surface area contributed by atoms with Crippen molar-refractivity contribution in [2.45, 2.75) is 43.0 Å². The fourth-order valence-corrected chi connectivity index (χ4v) is 3.65. The molecule has 0 saturated heterocycles. The van der Waals surface area contributed by atoms with Gasteiger partial charge >= 0.3 is 5.97 Å². The van der Waals surface area contributed by atoms with Crippen LogP contribution in [0.1, 0.15) is 43.0 Å². The van der Waals surface area contributed by atoms with Crippen molar-refractivity contribution in [2.75, 3.05) is 6.26 Å². The number of carbonyl (C=O) groups is 2. The fourth-order valence-electron chi connectivity index (χ4n) is 3.01. The van der Waals surface area contributed by atoms with Gasteiger partial charge in [0.05, 0.1) is 22.0 Å². The number of hydrogen-bond donors (Lipinski definition) is 2. The topological polar surface area (TPSA) is 66.4 Å². The second-order valence-electron chi connectivity index (χ2n) is 5.85. The highest BCUT2D eigenvalue weighted by molar-refractivity contribution is 7.98. The number of aliphatic carboxylic acids is 1. The van der Waals surface area contributed by atoms with Gasteiger partial charge in [-0.25, -0.2) is 0 Å². The Labute approximate surface area is 139 Å². The third-order valence-corrected chi connectivity index (χ3v) is 5.38. The molecule has 0 radical (unpaired) electrons. The van der Waals surface area contributed by atoms with Crippen LogP contribution in [0.5, 0.6) is 0 Å². The highest BCUT2D eigenvalue weighted by Crippen LogP contribution is 2.34. The normalized spacial score (nSPS) is 24.8. The lowest BCUT2D eigenvalue weighted by Crippen LogP contribution is -2.55. The van der Waals surface area contributed by atoms with Crippen LogP contribution in [-0.4, -0.2) is 28.8 Å². The van der Waals surface area contributed by atoms with Gasteiger partial charge in [-0.05, 0) is 44.2 Å². The Morgan fingerprint density at radius 2 is 2.14 bits per heavy atom. The summed E-state index contributed by atoms with van der Waals surface area (Å²) in [6.45, 7) is 1.81. The molecule has 2 unspecified atom stereocenters. The van der Waals surface area contributed by atoms with E-state index in [0.717, 1.165) is 17.7 Å². The van der Waals surface area contributed by atoms with Crippen LogP contribution in [0.15, 0.2) is 23.1 Å². The molecule has 0 aliphatic heterocycles. The van der Waals surface area contributed by atoms with E-state index in [2.05, 4.69) is 5.32 Å². The number of carboxylic acid groups (broad SMARTS) is 1.